The largest absolute Gasteiger partial charge is 0.355 e. The number of benzene rings is 4. The molecule has 0 radical (unpaired) electrons. The average molecular weight is 935 g/mol. The number of hydrogen-bond acceptors (Lipinski definition) is 10. The van der Waals surface area contributed by atoms with E-state index in [0.29, 0.717) is 83.7 Å². The van der Waals surface area contributed by atoms with Crippen molar-refractivity contribution in [3.63, 3.8) is 0 Å². The van der Waals surface area contributed by atoms with Crippen LogP contribution in [0.2, 0.25) is 0 Å². The molecular formula is C44H30N4O12S4. The van der Waals surface area contributed by atoms with Gasteiger partial charge in [0.15, 0.2) is 0 Å². The quantitative estimate of drug-likeness (QED) is 0.0793. The molecule has 4 aromatic carbocycles. The van der Waals surface area contributed by atoms with E-state index in [1.807, 2.05) is 18.2 Å². The van der Waals surface area contributed by atoms with Gasteiger partial charge in [-0.05, 0) is 119 Å². The molecule has 2 aliphatic rings. The van der Waals surface area contributed by atoms with Gasteiger partial charge < -0.3 is 9.97 Å². The van der Waals surface area contributed by atoms with Gasteiger partial charge >= 0.3 is 0 Å². The molecule has 0 saturated heterocycles. The first-order chi connectivity index (χ1) is 30.2. The van der Waals surface area contributed by atoms with E-state index in [9.17, 15) is 51.9 Å². The third-order valence-corrected chi connectivity index (χ3v) is 13.9. The number of aromatic nitrogens is 4. The van der Waals surface area contributed by atoms with Gasteiger partial charge in [0, 0.05) is 44.3 Å². The van der Waals surface area contributed by atoms with Crippen LogP contribution < -0.4 is 0 Å². The fraction of sp³-hybridized carbons (Fsp3) is 0. The molecule has 2 aliphatic heterocycles. The lowest BCUT2D eigenvalue weighted by molar-refractivity contribution is 0.481. The molecule has 0 saturated carbocycles. The smallest absolute Gasteiger partial charge is 0.294 e. The van der Waals surface area contributed by atoms with Crippen molar-refractivity contribution in [3.8, 4) is 22.3 Å². The van der Waals surface area contributed by atoms with Gasteiger partial charge in [-0.2, -0.15) is 33.7 Å². The summed E-state index contributed by atoms with van der Waals surface area (Å²) in [5, 5.41) is 0. The lowest BCUT2D eigenvalue weighted by Gasteiger charge is -2.11. The van der Waals surface area contributed by atoms with Crippen molar-refractivity contribution in [3.05, 3.63) is 167 Å². The van der Waals surface area contributed by atoms with E-state index in [-0.39, 0.29) is 25.3 Å². The van der Waals surface area contributed by atoms with E-state index in [1.165, 1.54) is 97.1 Å². The summed E-state index contributed by atoms with van der Waals surface area (Å²) in [6.45, 7) is 0. The van der Waals surface area contributed by atoms with Crippen molar-refractivity contribution >= 4 is 85.8 Å². The molecule has 8 bridgehead atoms. The first kappa shape index (κ1) is 42.4. The van der Waals surface area contributed by atoms with Crippen molar-refractivity contribution < 1.29 is 51.9 Å². The Morgan fingerprint density at radius 2 is 0.703 bits per heavy atom. The number of nitrogens with one attached hydrogen (secondary N) is 2. The summed E-state index contributed by atoms with van der Waals surface area (Å²) < 4.78 is 136. The summed E-state index contributed by atoms with van der Waals surface area (Å²) in [7, 11) is -18.4. The third kappa shape index (κ3) is 8.34. The molecular weight excluding hydrogens is 905 g/mol. The Kier molecular flexibility index (Phi) is 10.2. The van der Waals surface area contributed by atoms with E-state index >= 15 is 0 Å². The lowest BCUT2D eigenvalue weighted by atomic mass is 9.92. The van der Waals surface area contributed by atoms with E-state index in [1.54, 1.807) is 30.4 Å². The highest BCUT2D eigenvalue weighted by Gasteiger charge is 2.26. The van der Waals surface area contributed by atoms with E-state index in [0.717, 1.165) is 0 Å². The molecule has 0 spiro atoms. The molecule has 5 heterocycles. The summed E-state index contributed by atoms with van der Waals surface area (Å²) in [6, 6.07) is 32.1. The second kappa shape index (κ2) is 15.4. The summed E-state index contributed by atoms with van der Waals surface area (Å²) in [4.78, 5) is 15.2. The first-order valence-corrected chi connectivity index (χ1v) is 24.5. The maximum atomic E-state index is 12.1. The van der Waals surface area contributed by atoms with Crippen molar-refractivity contribution in [2.45, 2.75) is 19.6 Å². The molecule has 0 atom stereocenters. The standard InChI is InChI=1S/C44H30N4O12S4/c49-61(50,51)33-13-1-25(2-14-33)41-37-22-31-11-9-29(45-31)21-30-10-12-32(46-30)23-38-42(26-3-15-34(16-4-26)62(52,53)54)44(28-7-19-36(20-8-28)64(58,59)60)40(48-38)24-39(47-37)43(41)27-5-17-35(18-6-27)63(55,56)57/h1-24,45,48H,(H,49,50,51)(H,52,53,54)(H,55,56,57)(H,58,59,60). The van der Waals surface area contributed by atoms with Crippen molar-refractivity contribution in [2.24, 2.45) is 0 Å². The molecule has 3 aromatic heterocycles. The Labute approximate surface area is 365 Å². The Bertz CT molecular complexity index is 3790. The van der Waals surface area contributed by atoms with Crippen LogP contribution in [0, 0.1) is 0 Å². The van der Waals surface area contributed by atoms with E-state index < -0.39 is 40.5 Å². The van der Waals surface area contributed by atoms with Crippen LogP contribution in [0.3, 0.4) is 0 Å². The number of aromatic amines is 2. The minimum Gasteiger partial charge on any atom is -0.355 e. The molecule has 9 rings (SSSR count). The molecule has 7 aromatic rings. The topological polar surface area (TPSA) is 275 Å². The number of rotatable bonds is 8. The van der Waals surface area contributed by atoms with Gasteiger partial charge in [0.2, 0.25) is 0 Å². The minimum absolute atomic E-state index is 0.274. The van der Waals surface area contributed by atoms with Crippen LogP contribution in [0.15, 0.2) is 153 Å². The van der Waals surface area contributed by atoms with Crippen LogP contribution in [0.1, 0.15) is 33.9 Å². The van der Waals surface area contributed by atoms with Crippen molar-refractivity contribution in [1.82, 2.24) is 19.9 Å². The fourth-order valence-electron chi connectivity index (χ4n) is 7.57. The zero-order valence-electron chi connectivity index (χ0n) is 32.4. The molecule has 16 nitrogen and oxygen atoms in total. The molecule has 64 heavy (non-hydrogen) atoms. The van der Waals surface area contributed by atoms with Gasteiger partial charge in [0.05, 0.1) is 42.4 Å². The number of H-pyrrole nitrogens is 2. The van der Waals surface area contributed by atoms with Crippen LogP contribution >= 0.6 is 0 Å². The Hall–Kier alpha value is -6.88. The highest BCUT2D eigenvalue weighted by Crippen LogP contribution is 2.44. The van der Waals surface area contributed by atoms with E-state index in [4.69, 9.17) is 9.97 Å². The summed E-state index contributed by atoms with van der Waals surface area (Å²) in [5.41, 5.74) is 7.28. The van der Waals surface area contributed by atoms with Gasteiger partial charge in [0.1, 0.15) is 0 Å². The maximum Gasteiger partial charge on any atom is 0.294 e. The third-order valence-electron chi connectivity index (χ3n) is 10.4. The molecule has 6 N–H and O–H groups in total. The first-order valence-electron chi connectivity index (χ1n) is 18.7. The SMILES string of the molecule is O=S(=O)(O)c1ccc(C2=C(c3ccc(S(=O)(=O)O)cc3)c3cc4[nH]c(cc5nc(cc6ccc(cc2n3)[nH]6)C=C5)c(-c2ccc(S(=O)(=O)O)cc2)c4-c2ccc(S(=O)(=O)O)cc2)cc1. The Morgan fingerprint density at radius 3 is 1.11 bits per heavy atom. The average Bonchev–Trinajstić information content (AvgIpc) is 4.03. The molecule has 0 aliphatic carbocycles. The predicted octanol–water partition coefficient (Wildman–Crippen LogP) is 7.81. The van der Waals surface area contributed by atoms with Gasteiger partial charge in [0.25, 0.3) is 40.5 Å². The molecule has 0 amide bonds. The monoisotopic (exact) mass is 934 g/mol. The van der Waals surface area contributed by atoms with Crippen LogP contribution in [-0.2, 0) is 40.5 Å². The lowest BCUT2D eigenvalue weighted by Crippen LogP contribution is -1.99. The normalized spacial score (nSPS) is 13.4. The van der Waals surface area contributed by atoms with Gasteiger partial charge in [-0.15, -0.1) is 0 Å². The number of nitrogens with zero attached hydrogens (tertiary/aromatic N) is 2. The Balaban J connectivity index is 1.45. The molecule has 322 valence electrons. The van der Waals surface area contributed by atoms with Crippen molar-refractivity contribution in [1.29, 1.82) is 0 Å². The van der Waals surface area contributed by atoms with Gasteiger partial charge in [-0.3, -0.25) is 18.2 Å². The maximum absolute atomic E-state index is 12.1. The van der Waals surface area contributed by atoms with Crippen LogP contribution in [0.5, 0.6) is 0 Å². The minimum atomic E-state index is -4.61. The summed E-state index contributed by atoms with van der Waals surface area (Å²) in [6.07, 6.45) is 3.59. The fourth-order valence-corrected chi connectivity index (χ4v) is 9.49. The van der Waals surface area contributed by atoms with Crippen molar-refractivity contribution in [2.75, 3.05) is 0 Å². The molecule has 20 heteroatoms. The predicted molar refractivity (Wildman–Crippen MR) is 238 cm³/mol. The van der Waals surface area contributed by atoms with E-state index in [2.05, 4.69) is 9.97 Å². The van der Waals surface area contributed by atoms with Gasteiger partial charge in [-0.25, -0.2) is 9.97 Å². The zero-order valence-corrected chi connectivity index (χ0v) is 35.7. The highest BCUT2D eigenvalue weighted by atomic mass is 32.2. The summed E-state index contributed by atoms with van der Waals surface area (Å²) in [5.74, 6) is 0. The zero-order chi connectivity index (χ0) is 45.3. The number of fused-ring (bicyclic) bond motifs is 8. The van der Waals surface area contributed by atoms with Crippen LogP contribution in [0.4, 0.5) is 0 Å². The highest BCUT2D eigenvalue weighted by molar-refractivity contribution is 7.86. The second-order valence-electron chi connectivity index (χ2n) is 14.6. The van der Waals surface area contributed by atoms with Gasteiger partial charge in [-0.1, -0.05) is 48.5 Å². The second-order valence-corrected chi connectivity index (χ2v) is 20.3. The Morgan fingerprint density at radius 1 is 0.359 bits per heavy atom. The number of hydrogen-bond donors (Lipinski definition) is 6. The molecule has 0 fully saturated rings. The molecule has 0 unspecified atom stereocenters. The van der Waals surface area contributed by atoms with Crippen LogP contribution in [0.25, 0.3) is 67.6 Å². The van der Waals surface area contributed by atoms with Crippen LogP contribution in [-0.4, -0.2) is 71.8 Å². The summed E-state index contributed by atoms with van der Waals surface area (Å²) >= 11 is 0.